The fourth-order valence-corrected chi connectivity index (χ4v) is 2.47. The van der Waals surface area contributed by atoms with E-state index in [0.29, 0.717) is 29.4 Å². The third-order valence-electron chi connectivity index (χ3n) is 3.99. The first-order valence-electron chi connectivity index (χ1n) is 8.94. The van der Waals surface area contributed by atoms with E-state index in [1.165, 1.54) is 12.1 Å². The first kappa shape index (κ1) is 20.9. The Labute approximate surface area is 163 Å². The lowest BCUT2D eigenvalue weighted by molar-refractivity contribution is -0.384. The molecule has 2 amide bonds. The van der Waals surface area contributed by atoms with Crippen LogP contribution in [0, 0.1) is 23.0 Å². The lowest BCUT2D eigenvalue weighted by atomic mass is 10.1. The van der Waals surface area contributed by atoms with E-state index in [1.807, 2.05) is 13.8 Å². The molecule has 2 rings (SSSR count). The summed E-state index contributed by atoms with van der Waals surface area (Å²) in [6.45, 7) is 6.22. The van der Waals surface area contributed by atoms with Gasteiger partial charge in [0.25, 0.3) is 11.6 Å². The molecule has 0 heterocycles. The van der Waals surface area contributed by atoms with Gasteiger partial charge in [0.05, 0.1) is 22.7 Å². The number of benzene rings is 2. The van der Waals surface area contributed by atoms with E-state index in [1.54, 1.807) is 37.3 Å². The predicted molar refractivity (Wildman–Crippen MR) is 109 cm³/mol. The smallest absolute Gasteiger partial charge is 0.271 e. The second kappa shape index (κ2) is 9.50. The number of carbonyl (C=O) groups excluding carboxylic acids is 2. The highest BCUT2D eigenvalue weighted by atomic mass is 16.6. The molecule has 2 aromatic carbocycles. The van der Waals surface area contributed by atoms with Gasteiger partial charge in [-0.3, -0.25) is 19.7 Å². The lowest BCUT2D eigenvalue weighted by Gasteiger charge is -2.13. The van der Waals surface area contributed by atoms with Crippen LogP contribution in [0.25, 0.3) is 0 Å². The lowest BCUT2D eigenvalue weighted by Crippen LogP contribution is -2.29. The van der Waals surface area contributed by atoms with Crippen molar-refractivity contribution < 1.29 is 14.5 Å². The Balaban J connectivity index is 2.03. The average molecular weight is 384 g/mol. The molecule has 0 aliphatic carbocycles. The van der Waals surface area contributed by atoms with Crippen LogP contribution in [-0.2, 0) is 4.79 Å². The summed E-state index contributed by atoms with van der Waals surface area (Å²) in [6, 6.07) is 11.2. The van der Waals surface area contributed by atoms with Crippen molar-refractivity contribution in [3.05, 3.63) is 63.7 Å². The molecular formula is C20H24N4O4. The average Bonchev–Trinajstić information content (AvgIpc) is 2.65. The molecule has 0 aromatic heterocycles. The summed E-state index contributed by atoms with van der Waals surface area (Å²) in [6.07, 6.45) is 0. The third-order valence-corrected chi connectivity index (χ3v) is 3.99. The number of anilines is 2. The minimum absolute atomic E-state index is 0.0549. The molecule has 8 nitrogen and oxygen atoms in total. The Hall–Kier alpha value is -3.42. The monoisotopic (exact) mass is 384 g/mol. The van der Waals surface area contributed by atoms with Crippen LogP contribution in [0.3, 0.4) is 0 Å². The number of aryl methyl sites for hydroxylation is 1. The zero-order valence-electron chi connectivity index (χ0n) is 16.1. The number of nitro groups is 1. The number of nitrogens with zero attached hydrogens (tertiary/aromatic N) is 1. The molecule has 0 saturated heterocycles. The van der Waals surface area contributed by atoms with Gasteiger partial charge in [-0.25, -0.2) is 0 Å². The molecular weight excluding hydrogens is 360 g/mol. The summed E-state index contributed by atoms with van der Waals surface area (Å²) in [5, 5.41) is 19.3. The van der Waals surface area contributed by atoms with Gasteiger partial charge in [0.1, 0.15) is 0 Å². The van der Waals surface area contributed by atoms with Crippen LogP contribution in [0.5, 0.6) is 0 Å². The number of hydrogen-bond donors (Lipinski definition) is 3. The number of para-hydroxylation sites is 1. The van der Waals surface area contributed by atoms with Crippen molar-refractivity contribution in [1.82, 2.24) is 5.32 Å². The van der Waals surface area contributed by atoms with Gasteiger partial charge >= 0.3 is 0 Å². The Morgan fingerprint density at radius 2 is 1.82 bits per heavy atom. The van der Waals surface area contributed by atoms with E-state index in [4.69, 9.17) is 0 Å². The molecule has 2 aromatic rings. The number of nitrogens with one attached hydrogen (secondary N) is 3. The zero-order valence-corrected chi connectivity index (χ0v) is 16.1. The molecule has 0 atom stereocenters. The van der Waals surface area contributed by atoms with E-state index in [-0.39, 0.29) is 24.0 Å². The molecule has 0 aliphatic rings. The fourth-order valence-electron chi connectivity index (χ4n) is 2.47. The molecule has 0 unspecified atom stereocenters. The quantitative estimate of drug-likeness (QED) is 0.477. The predicted octanol–water partition coefficient (Wildman–Crippen LogP) is 3.34. The van der Waals surface area contributed by atoms with Crippen molar-refractivity contribution in [2.75, 3.05) is 23.7 Å². The standard InChI is InChI=1S/C20H24N4O4/c1-13(2)11-22-20(26)16-6-4-5-7-17(16)23-19(25)12-21-18-10-15(24(27)28)9-8-14(18)3/h4-10,13,21H,11-12H2,1-3H3,(H,22,26)(H,23,25). The maximum atomic E-state index is 12.3. The van der Waals surface area contributed by atoms with E-state index in [9.17, 15) is 19.7 Å². The Morgan fingerprint density at radius 3 is 2.50 bits per heavy atom. The summed E-state index contributed by atoms with van der Waals surface area (Å²) in [5.74, 6) is -0.310. The van der Waals surface area contributed by atoms with Gasteiger partial charge in [0, 0.05) is 24.4 Å². The molecule has 148 valence electrons. The van der Waals surface area contributed by atoms with Crippen LogP contribution in [0.4, 0.5) is 17.1 Å². The third kappa shape index (κ3) is 5.80. The molecule has 8 heteroatoms. The first-order chi connectivity index (χ1) is 13.3. The Morgan fingerprint density at radius 1 is 1.11 bits per heavy atom. The molecule has 0 saturated carbocycles. The van der Waals surface area contributed by atoms with Crippen LogP contribution >= 0.6 is 0 Å². The van der Waals surface area contributed by atoms with Crippen LogP contribution in [-0.4, -0.2) is 29.8 Å². The minimum atomic E-state index is -0.489. The zero-order chi connectivity index (χ0) is 20.7. The second-order valence-electron chi connectivity index (χ2n) is 6.81. The topological polar surface area (TPSA) is 113 Å². The molecule has 0 radical (unpaired) electrons. The number of non-ortho nitro benzene ring substituents is 1. The van der Waals surface area contributed by atoms with Crippen LogP contribution < -0.4 is 16.0 Å². The first-order valence-corrected chi connectivity index (χ1v) is 8.94. The highest BCUT2D eigenvalue weighted by Crippen LogP contribution is 2.22. The van der Waals surface area contributed by atoms with Crippen molar-refractivity contribution in [2.24, 2.45) is 5.92 Å². The fraction of sp³-hybridized carbons (Fsp3) is 0.300. The van der Waals surface area contributed by atoms with Gasteiger partial charge in [-0.2, -0.15) is 0 Å². The van der Waals surface area contributed by atoms with E-state index >= 15 is 0 Å². The van der Waals surface area contributed by atoms with Gasteiger partial charge in [-0.15, -0.1) is 0 Å². The van der Waals surface area contributed by atoms with Gasteiger partial charge in [0.2, 0.25) is 5.91 Å². The summed E-state index contributed by atoms with van der Waals surface area (Å²) in [5.41, 5.74) is 2.02. The van der Waals surface area contributed by atoms with Crippen molar-refractivity contribution in [1.29, 1.82) is 0 Å². The largest absolute Gasteiger partial charge is 0.376 e. The van der Waals surface area contributed by atoms with Gasteiger partial charge in [0.15, 0.2) is 0 Å². The van der Waals surface area contributed by atoms with Crippen molar-refractivity contribution >= 4 is 28.9 Å². The minimum Gasteiger partial charge on any atom is -0.376 e. The van der Waals surface area contributed by atoms with Crippen molar-refractivity contribution in [3.63, 3.8) is 0 Å². The van der Waals surface area contributed by atoms with Crippen LogP contribution in [0.1, 0.15) is 29.8 Å². The molecule has 0 aliphatic heterocycles. The number of amides is 2. The molecule has 0 bridgehead atoms. The number of nitro benzene ring substituents is 1. The highest BCUT2D eigenvalue weighted by molar-refractivity contribution is 6.04. The van der Waals surface area contributed by atoms with E-state index < -0.39 is 4.92 Å². The summed E-state index contributed by atoms with van der Waals surface area (Å²) >= 11 is 0. The van der Waals surface area contributed by atoms with Gasteiger partial charge < -0.3 is 16.0 Å². The molecule has 0 spiro atoms. The van der Waals surface area contributed by atoms with E-state index in [2.05, 4.69) is 16.0 Å². The summed E-state index contributed by atoms with van der Waals surface area (Å²) in [4.78, 5) is 35.1. The summed E-state index contributed by atoms with van der Waals surface area (Å²) in [7, 11) is 0. The molecule has 0 fully saturated rings. The van der Waals surface area contributed by atoms with Crippen LogP contribution in [0.15, 0.2) is 42.5 Å². The van der Waals surface area contributed by atoms with Gasteiger partial charge in [-0.05, 0) is 30.5 Å². The maximum Gasteiger partial charge on any atom is 0.271 e. The Bertz CT molecular complexity index is 880. The van der Waals surface area contributed by atoms with E-state index in [0.717, 1.165) is 5.56 Å². The van der Waals surface area contributed by atoms with Gasteiger partial charge in [-0.1, -0.05) is 32.0 Å². The molecule has 3 N–H and O–H groups in total. The second-order valence-corrected chi connectivity index (χ2v) is 6.81. The van der Waals surface area contributed by atoms with Crippen molar-refractivity contribution in [2.45, 2.75) is 20.8 Å². The normalized spacial score (nSPS) is 10.4. The SMILES string of the molecule is Cc1ccc([N+](=O)[O-])cc1NCC(=O)Nc1ccccc1C(=O)NCC(C)C. The number of rotatable bonds is 8. The number of carbonyl (C=O) groups is 2. The van der Waals surface area contributed by atoms with Crippen LogP contribution in [0.2, 0.25) is 0 Å². The Kier molecular flexibility index (Phi) is 7.08. The van der Waals surface area contributed by atoms with Crippen molar-refractivity contribution in [3.8, 4) is 0 Å². The maximum absolute atomic E-state index is 12.3. The highest BCUT2D eigenvalue weighted by Gasteiger charge is 2.14. The number of hydrogen-bond acceptors (Lipinski definition) is 5. The summed E-state index contributed by atoms with van der Waals surface area (Å²) < 4.78 is 0. The molecule has 28 heavy (non-hydrogen) atoms.